The Morgan fingerprint density at radius 2 is 0.800 bits per heavy atom. The monoisotopic (exact) mass is 116 g/mol. The number of rotatable bonds is 0. The molecule has 0 aliphatic carbocycles. The van der Waals surface area contributed by atoms with Crippen LogP contribution in [0.25, 0.3) is 0 Å². The molecule has 1 heteroatoms. The zero-order valence-corrected chi connectivity index (χ0v) is 5.46. The van der Waals surface area contributed by atoms with Gasteiger partial charge in [-0.1, -0.05) is 0 Å². The van der Waals surface area contributed by atoms with Gasteiger partial charge in [0.15, 0.2) is 0 Å². The van der Waals surface area contributed by atoms with Crippen LogP contribution in [0.2, 0.25) is 23.3 Å². The van der Waals surface area contributed by atoms with E-state index in [0.29, 0.717) is 0 Å². The Bertz CT molecular complexity index is 19.1. The van der Waals surface area contributed by atoms with Gasteiger partial charge in [0.1, 0.15) is 0 Å². The Morgan fingerprint density at radius 1 is 0.800 bits per heavy atom. The molecule has 0 fully saturated rings. The van der Waals surface area contributed by atoms with Crippen molar-refractivity contribution in [3.05, 3.63) is 0 Å². The van der Waals surface area contributed by atoms with Gasteiger partial charge in [0.25, 0.3) is 0 Å². The van der Waals surface area contributed by atoms with E-state index in [1.54, 1.807) is 0 Å². The molecular formula is C4H12Fe. The third-order valence-corrected chi connectivity index (χ3v) is 0. The Balaban J connectivity index is 3.02. The third kappa shape index (κ3) is 106. The quantitative estimate of drug-likeness (QED) is 0.426. The SMILES string of the molecule is [CH3][Fe]([CH3])([CH3])[CH3]. The summed E-state index contributed by atoms with van der Waals surface area (Å²) in [6, 6.07) is 0. The maximum atomic E-state index is 2.31. The van der Waals surface area contributed by atoms with Crippen molar-refractivity contribution in [2.75, 3.05) is 0 Å². The summed E-state index contributed by atoms with van der Waals surface area (Å²) in [4.78, 5) is 0. The minimum absolute atomic E-state index is 0.500. The van der Waals surface area contributed by atoms with Crippen LogP contribution in [0.15, 0.2) is 0 Å². The molecule has 0 spiro atoms. The van der Waals surface area contributed by atoms with Crippen LogP contribution in [-0.2, 0) is 12.8 Å². The fourth-order valence-electron chi connectivity index (χ4n) is 0. The summed E-state index contributed by atoms with van der Waals surface area (Å²) in [5.41, 5.74) is 0. The van der Waals surface area contributed by atoms with E-state index < -0.39 is 12.8 Å². The second-order valence-corrected chi connectivity index (χ2v) is 8.75. The van der Waals surface area contributed by atoms with Gasteiger partial charge in [0.2, 0.25) is 0 Å². The molecule has 0 aromatic rings. The molecule has 36 valence electrons. The van der Waals surface area contributed by atoms with E-state index in [0.717, 1.165) is 0 Å². The second-order valence-electron chi connectivity index (χ2n) is 2.12. The summed E-state index contributed by atoms with van der Waals surface area (Å²) in [7, 11) is 0. The first-order valence-electron chi connectivity index (χ1n) is 1.41. The van der Waals surface area contributed by atoms with Crippen LogP contribution in [0.5, 0.6) is 0 Å². The summed E-state index contributed by atoms with van der Waals surface area (Å²) in [6.07, 6.45) is 0. The average Bonchev–Trinajstić information content (AvgIpc) is 0.722. The summed E-state index contributed by atoms with van der Waals surface area (Å²) in [5, 5.41) is 0. The molecule has 0 aliphatic heterocycles. The minimum atomic E-state index is -0.500. The van der Waals surface area contributed by atoms with Crippen LogP contribution in [0, 0.1) is 0 Å². The number of hydrogen-bond acceptors (Lipinski definition) is 0. The molecule has 0 radical (unpaired) electrons. The van der Waals surface area contributed by atoms with Crippen molar-refractivity contribution in [2.45, 2.75) is 23.3 Å². The third-order valence-electron chi connectivity index (χ3n) is 0. The topological polar surface area (TPSA) is 0 Å². The van der Waals surface area contributed by atoms with Crippen molar-refractivity contribution in [3.8, 4) is 0 Å². The maximum absolute atomic E-state index is 2.31. The average molecular weight is 116 g/mol. The van der Waals surface area contributed by atoms with E-state index in [1.165, 1.54) is 0 Å². The standard InChI is InChI=1S/4CH3.Fe/h4*1H3;. The van der Waals surface area contributed by atoms with Crippen molar-refractivity contribution < 1.29 is 12.8 Å². The van der Waals surface area contributed by atoms with Crippen molar-refractivity contribution in [1.82, 2.24) is 0 Å². The normalized spacial score (nSPS) is 15.2. The van der Waals surface area contributed by atoms with Gasteiger partial charge in [-0.25, -0.2) is 0 Å². The molecule has 0 aliphatic rings. The van der Waals surface area contributed by atoms with E-state index in [2.05, 4.69) is 23.3 Å². The van der Waals surface area contributed by atoms with Crippen LogP contribution >= 0.6 is 0 Å². The van der Waals surface area contributed by atoms with E-state index in [1.807, 2.05) is 0 Å². The predicted octanol–water partition coefficient (Wildman–Crippen LogP) is 2.33. The fourth-order valence-corrected chi connectivity index (χ4v) is 0. The van der Waals surface area contributed by atoms with Crippen molar-refractivity contribution in [3.63, 3.8) is 0 Å². The Morgan fingerprint density at radius 3 is 0.800 bits per heavy atom. The summed E-state index contributed by atoms with van der Waals surface area (Å²) in [6.45, 7) is 0. The first-order chi connectivity index (χ1) is 2.00. The van der Waals surface area contributed by atoms with Crippen molar-refractivity contribution in [2.24, 2.45) is 0 Å². The van der Waals surface area contributed by atoms with Gasteiger partial charge in [0.05, 0.1) is 0 Å². The molecule has 0 saturated carbocycles. The van der Waals surface area contributed by atoms with Gasteiger partial charge in [-0.15, -0.1) is 0 Å². The first-order valence-corrected chi connectivity index (χ1v) is 5.83. The summed E-state index contributed by atoms with van der Waals surface area (Å²) < 4.78 is 0. The Labute approximate surface area is 36.8 Å². The van der Waals surface area contributed by atoms with Gasteiger partial charge >= 0.3 is 36.1 Å². The fraction of sp³-hybridized carbons (Fsp3) is 1.00. The predicted molar refractivity (Wildman–Crippen MR) is 23.5 cm³/mol. The van der Waals surface area contributed by atoms with Crippen LogP contribution in [0.4, 0.5) is 0 Å². The first kappa shape index (κ1) is 5.52. The summed E-state index contributed by atoms with van der Waals surface area (Å²) in [5.74, 6) is 9.25. The molecule has 0 atom stereocenters. The molecule has 0 unspecified atom stereocenters. The van der Waals surface area contributed by atoms with Crippen LogP contribution in [0.1, 0.15) is 0 Å². The zero-order valence-electron chi connectivity index (χ0n) is 4.35. The molecule has 0 rings (SSSR count). The van der Waals surface area contributed by atoms with Gasteiger partial charge in [-0.05, 0) is 0 Å². The molecule has 0 N–H and O–H groups in total. The molecule has 0 nitrogen and oxygen atoms in total. The van der Waals surface area contributed by atoms with Crippen LogP contribution in [-0.4, -0.2) is 0 Å². The molecule has 0 amide bonds. The molecule has 5 heavy (non-hydrogen) atoms. The Hall–Kier alpha value is 0.519. The van der Waals surface area contributed by atoms with E-state index in [4.69, 9.17) is 0 Å². The molecule has 0 saturated heterocycles. The second kappa shape index (κ2) is 1.32. The van der Waals surface area contributed by atoms with E-state index >= 15 is 0 Å². The molecule has 0 aromatic heterocycles. The van der Waals surface area contributed by atoms with Crippen LogP contribution in [0.3, 0.4) is 0 Å². The van der Waals surface area contributed by atoms with Gasteiger partial charge in [0, 0.05) is 0 Å². The van der Waals surface area contributed by atoms with Gasteiger partial charge < -0.3 is 0 Å². The van der Waals surface area contributed by atoms with Crippen molar-refractivity contribution >= 4 is 0 Å². The molecule has 0 bridgehead atoms. The molecule has 0 aromatic carbocycles. The van der Waals surface area contributed by atoms with Crippen LogP contribution < -0.4 is 0 Å². The van der Waals surface area contributed by atoms with Crippen molar-refractivity contribution in [1.29, 1.82) is 0 Å². The van der Waals surface area contributed by atoms with E-state index in [9.17, 15) is 0 Å². The zero-order chi connectivity index (χ0) is 4.50. The number of hydrogen-bond donors (Lipinski definition) is 0. The Kier molecular flexibility index (Phi) is 1.45. The van der Waals surface area contributed by atoms with Gasteiger partial charge in [-0.2, -0.15) is 0 Å². The van der Waals surface area contributed by atoms with E-state index in [-0.39, 0.29) is 0 Å². The van der Waals surface area contributed by atoms with Gasteiger partial charge in [-0.3, -0.25) is 0 Å². The summed E-state index contributed by atoms with van der Waals surface area (Å²) >= 11 is -0.500. The molecular weight excluding hydrogens is 104 g/mol. The molecule has 0 heterocycles.